The molecule has 1 aromatic rings. The standard InChI is InChI=1S/C16H24N2O6/c1-11(21-3)9-23-15(19)17-13-5-7-14(8-6-13)18-16(20)24-10-12(2)22-4/h5-8,11-12H,9-10H2,1-4H3,(H,17,19)(H,18,20). The van der Waals surface area contributed by atoms with Crippen LogP contribution in [-0.4, -0.2) is 51.8 Å². The van der Waals surface area contributed by atoms with E-state index in [2.05, 4.69) is 10.6 Å². The van der Waals surface area contributed by atoms with Gasteiger partial charge in [0, 0.05) is 25.6 Å². The number of benzene rings is 1. The lowest BCUT2D eigenvalue weighted by atomic mass is 10.3. The van der Waals surface area contributed by atoms with Crippen LogP contribution in [0.5, 0.6) is 0 Å². The molecule has 0 aromatic heterocycles. The molecule has 2 atom stereocenters. The molecule has 8 heteroatoms. The maximum atomic E-state index is 11.6. The second-order valence-corrected chi connectivity index (χ2v) is 5.12. The predicted molar refractivity (Wildman–Crippen MR) is 89.3 cm³/mol. The normalized spacial score (nSPS) is 12.8. The Morgan fingerprint density at radius 2 is 1.17 bits per heavy atom. The van der Waals surface area contributed by atoms with Gasteiger partial charge in [-0.3, -0.25) is 10.6 Å². The highest BCUT2D eigenvalue weighted by Crippen LogP contribution is 2.14. The molecule has 2 unspecified atom stereocenters. The van der Waals surface area contributed by atoms with E-state index in [-0.39, 0.29) is 25.4 Å². The monoisotopic (exact) mass is 340 g/mol. The molecule has 0 spiro atoms. The fourth-order valence-electron chi connectivity index (χ4n) is 1.47. The Balaban J connectivity index is 2.39. The van der Waals surface area contributed by atoms with E-state index in [4.69, 9.17) is 18.9 Å². The van der Waals surface area contributed by atoms with Gasteiger partial charge in [0.05, 0.1) is 12.2 Å². The smallest absolute Gasteiger partial charge is 0.411 e. The summed E-state index contributed by atoms with van der Waals surface area (Å²) in [5.74, 6) is 0. The Morgan fingerprint density at radius 3 is 1.46 bits per heavy atom. The van der Waals surface area contributed by atoms with Crippen molar-refractivity contribution in [2.45, 2.75) is 26.1 Å². The van der Waals surface area contributed by atoms with Gasteiger partial charge in [-0.05, 0) is 38.1 Å². The van der Waals surface area contributed by atoms with Gasteiger partial charge in [0.25, 0.3) is 0 Å². The van der Waals surface area contributed by atoms with E-state index in [0.717, 1.165) is 0 Å². The number of hydrogen-bond acceptors (Lipinski definition) is 6. The van der Waals surface area contributed by atoms with Crippen molar-refractivity contribution in [1.29, 1.82) is 0 Å². The molecule has 1 aromatic carbocycles. The van der Waals surface area contributed by atoms with Gasteiger partial charge >= 0.3 is 12.2 Å². The third kappa shape index (κ3) is 7.80. The summed E-state index contributed by atoms with van der Waals surface area (Å²) in [6.45, 7) is 3.90. The first kappa shape index (κ1) is 19.7. The van der Waals surface area contributed by atoms with Crippen molar-refractivity contribution in [3.05, 3.63) is 24.3 Å². The van der Waals surface area contributed by atoms with Gasteiger partial charge in [-0.2, -0.15) is 0 Å². The van der Waals surface area contributed by atoms with E-state index in [9.17, 15) is 9.59 Å². The summed E-state index contributed by atoms with van der Waals surface area (Å²) in [5.41, 5.74) is 1.08. The molecule has 0 radical (unpaired) electrons. The van der Waals surface area contributed by atoms with Gasteiger partial charge in [-0.25, -0.2) is 9.59 Å². The molecule has 2 N–H and O–H groups in total. The molecule has 134 valence electrons. The minimum absolute atomic E-state index is 0.160. The molecular weight excluding hydrogens is 316 g/mol. The number of rotatable bonds is 8. The number of hydrogen-bond donors (Lipinski definition) is 2. The average molecular weight is 340 g/mol. The van der Waals surface area contributed by atoms with Crippen LogP contribution in [0.3, 0.4) is 0 Å². The number of carbonyl (C=O) groups excluding carboxylic acids is 2. The Bertz CT molecular complexity index is 473. The van der Waals surface area contributed by atoms with Crippen LogP contribution in [0.25, 0.3) is 0 Å². The summed E-state index contributed by atoms with van der Waals surface area (Å²) in [6.07, 6.45) is -1.50. The quantitative estimate of drug-likeness (QED) is 0.755. The third-order valence-electron chi connectivity index (χ3n) is 3.08. The molecule has 8 nitrogen and oxygen atoms in total. The summed E-state index contributed by atoms with van der Waals surface area (Å²) in [7, 11) is 3.08. The van der Waals surface area contributed by atoms with Crippen molar-refractivity contribution < 1.29 is 28.5 Å². The number of amides is 2. The minimum atomic E-state index is -0.576. The lowest BCUT2D eigenvalue weighted by Crippen LogP contribution is -2.21. The number of nitrogens with one attached hydrogen (secondary N) is 2. The van der Waals surface area contributed by atoms with E-state index >= 15 is 0 Å². The Labute approximate surface area is 141 Å². The molecule has 0 bridgehead atoms. The van der Waals surface area contributed by atoms with Crippen molar-refractivity contribution in [3.8, 4) is 0 Å². The summed E-state index contributed by atoms with van der Waals surface area (Å²) >= 11 is 0. The first-order valence-corrected chi connectivity index (χ1v) is 7.47. The lowest BCUT2D eigenvalue weighted by Gasteiger charge is -2.12. The number of anilines is 2. The van der Waals surface area contributed by atoms with E-state index in [0.29, 0.717) is 11.4 Å². The van der Waals surface area contributed by atoms with Crippen LogP contribution in [0.1, 0.15) is 13.8 Å². The highest BCUT2D eigenvalue weighted by atomic mass is 16.6. The van der Waals surface area contributed by atoms with Crippen molar-refractivity contribution in [2.75, 3.05) is 38.1 Å². The van der Waals surface area contributed by atoms with Crippen LogP contribution >= 0.6 is 0 Å². The molecule has 0 aliphatic carbocycles. The van der Waals surface area contributed by atoms with Crippen molar-refractivity contribution in [2.24, 2.45) is 0 Å². The Morgan fingerprint density at radius 1 is 0.833 bits per heavy atom. The highest BCUT2D eigenvalue weighted by Gasteiger charge is 2.08. The Kier molecular flexibility index (Phi) is 8.59. The number of carbonyl (C=O) groups is 2. The topological polar surface area (TPSA) is 95.1 Å². The third-order valence-corrected chi connectivity index (χ3v) is 3.08. The zero-order chi connectivity index (χ0) is 17.9. The zero-order valence-corrected chi connectivity index (χ0v) is 14.3. The minimum Gasteiger partial charge on any atom is -0.447 e. The maximum Gasteiger partial charge on any atom is 0.411 e. The molecule has 0 aliphatic rings. The second-order valence-electron chi connectivity index (χ2n) is 5.12. The SMILES string of the molecule is COC(C)COC(=O)Nc1ccc(NC(=O)OCC(C)OC)cc1. The Hall–Kier alpha value is -2.32. The van der Waals surface area contributed by atoms with Crippen LogP contribution in [0.15, 0.2) is 24.3 Å². The van der Waals surface area contributed by atoms with Gasteiger partial charge in [-0.15, -0.1) is 0 Å². The largest absolute Gasteiger partial charge is 0.447 e. The van der Waals surface area contributed by atoms with Crippen LogP contribution < -0.4 is 10.6 Å². The van der Waals surface area contributed by atoms with Gasteiger partial charge in [0.1, 0.15) is 13.2 Å². The van der Waals surface area contributed by atoms with Crippen LogP contribution in [0, 0.1) is 0 Å². The van der Waals surface area contributed by atoms with Crippen LogP contribution in [0.2, 0.25) is 0 Å². The van der Waals surface area contributed by atoms with Gasteiger partial charge < -0.3 is 18.9 Å². The predicted octanol–water partition coefficient (Wildman–Crippen LogP) is 2.85. The zero-order valence-electron chi connectivity index (χ0n) is 14.3. The summed E-state index contributed by atoms with van der Waals surface area (Å²) in [5, 5.41) is 5.14. The first-order chi connectivity index (χ1) is 11.4. The molecule has 0 heterocycles. The fourth-order valence-corrected chi connectivity index (χ4v) is 1.47. The van der Waals surface area contributed by atoms with Crippen molar-refractivity contribution >= 4 is 23.6 Å². The molecule has 0 fully saturated rings. The average Bonchev–Trinajstić information content (AvgIpc) is 2.59. The van der Waals surface area contributed by atoms with Crippen LogP contribution in [-0.2, 0) is 18.9 Å². The molecule has 0 saturated carbocycles. The lowest BCUT2D eigenvalue weighted by molar-refractivity contribution is 0.0508. The van der Waals surface area contributed by atoms with Gasteiger partial charge in [-0.1, -0.05) is 0 Å². The summed E-state index contributed by atoms with van der Waals surface area (Å²) in [6, 6.07) is 6.53. The number of ether oxygens (including phenoxy) is 4. The van der Waals surface area contributed by atoms with Crippen molar-refractivity contribution in [1.82, 2.24) is 0 Å². The molecule has 1 rings (SSSR count). The molecule has 2 amide bonds. The van der Waals surface area contributed by atoms with Crippen LogP contribution in [0.4, 0.5) is 21.0 Å². The van der Waals surface area contributed by atoms with Crippen molar-refractivity contribution in [3.63, 3.8) is 0 Å². The van der Waals surface area contributed by atoms with Gasteiger partial charge in [0.15, 0.2) is 0 Å². The number of methoxy groups -OCH3 is 2. The molecular formula is C16H24N2O6. The maximum absolute atomic E-state index is 11.6. The summed E-state index contributed by atoms with van der Waals surface area (Å²) < 4.78 is 19.9. The first-order valence-electron chi connectivity index (χ1n) is 7.47. The molecule has 0 aliphatic heterocycles. The van der Waals surface area contributed by atoms with E-state index in [1.807, 2.05) is 0 Å². The van der Waals surface area contributed by atoms with Gasteiger partial charge in [0.2, 0.25) is 0 Å². The van der Waals surface area contributed by atoms with E-state index in [1.165, 1.54) is 0 Å². The molecule has 0 saturated heterocycles. The fraction of sp³-hybridized carbons (Fsp3) is 0.500. The summed E-state index contributed by atoms with van der Waals surface area (Å²) in [4.78, 5) is 23.2. The second kappa shape index (κ2) is 10.5. The molecule has 24 heavy (non-hydrogen) atoms. The highest BCUT2D eigenvalue weighted by molar-refractivity contribution is 5.87. The van der Waals surface area contributed by atoms with E-state index < -0.39 is 12.2 Å². The van der Waals surface area contributed by atoms with E-state index in [1.54, 1.807) is 52.3 Å².